The van der Waals surface area contributed by atoms with Crippen molar-refractivity contribution in [2.24, 2.45) is 5.73 Å². The van der Waals surface area contributed by atoms with Gasteiger partial charge < -0.3 is 5.73 Å². The Bertz CT molecular complexity index is 525. The molecule has 1 aromatic carbocycles. The summed E-state index contributed by atoms with van der Waals surface area (Å²) in [5, 5.41) is 0. The van der Waals surface area contributed by atoms with Gasteiger partial charge in [0.25, 0.3) is 0 Å². The van der Waals surface area contributed by atoms with Crippen LogP contribution in [0.2, 0.25) is 0 Å². The van der Waals surface area contributed by atoms with Crippen LogP contribution in [0.1, 0.15) is 24.4 Å². The number of aromatic nitrogens is 2. The highest BCUT2D eigenvalue weighted by Crippen LogP contribution is 2.34. The van der Waals surface area contributed by atoms with Crippen LogP contribution in [0, 0.1) is 12.7 Å². The number of hydrogen-bond donors (Lipinski definition) is 1. The van der Waals surface area contributed by atoms with E-state index in [0.29, 0.717) is 5.56 Å². The summed E-state index contributed by atoms with van der Waals surface area (Å²) in [6.07, 6.45) is 0. The van der Waals surface area contributed by atoms with Crippen molar-refractivity contribution >= 4 is 23.3 Å². The fourth-order valence-electron chi connectivity index (χ4n) is 1.46. The van der Waals surface area contributed by atoms with Gasteiger partial charge in [0, 0.05) is 16.5 Å². The Labute approximate surface area is 107 Å². The third-order valence-electron chi connectivity index (χ3n) is 2.17. The Hall–Kier alpha value is -0.980. The average molecular weight is 269 g/mol. The first kappa shape index (κ1) is 12.5. The molecule has 6 heteroatoms. The van der Waals surface area contributed by atoms with Crippen LogP contribution in [0.4, 0.5) is 4.39 Å². The normalized spacial score (nSPS) is 12.7. The summed E-state index contributed by atoms with van der Waals surface area (Å²) in [4.78, 5) is 5.05. The van der Waals surface area contributed by atoms with Gasteiger partial charge in [0.2, 0.25) is 0 Å². The first-order chi connectivity index (χ1) is 8.08. The van der Waals surface area contributed by atoms with Gasteiger partial charge in [0.15, 0.2) is 4.34 Å². The second-order valence-corrected chi connectivity index (χ2v) is 5.69. The molecule has 17 heavy (non-hydrogen) atoms. The fourth-order valence-corrected chi connectivity index (χ4v) is 3.32. The molecule has 3 nitrogen and oxygen atoms in total. The van der Waals surface area contributed by atoms with Crippen LogP contribution in [-0.4, -0.2) is 9.36 Å². The van der Waals surface area contributed by atoms with E-state index in [9.17, 15) is 4.39 Å². The molecule has 0 fully saturated rings. The molecule has 2 N–H and O–H groups in total. The van der Waals surface area contributed by atoms with Gasteiger partial charge in [-0.25, -0.2) is 9.37 Å². The van der Waals surface area contributed by atoms with Crippen molar-refractivity contribution in [2.75, 3.05) is 0 Å². The highest BCUT2D eigenvalue weighted by atomic mass is 32.2. The van der Waals surface area contributed by atoms with Crippen molar-refractivity contribution in [1.82, 2.24) is 9.36 Å². The molecule has 2 aromatic rings. The van der Waals surface area contributed by atoms with Crippen LogP contribution in [0.25, 0.3) is 0 Å². The van der Waals surface area contributed by atoms with Crippen LogP contribution in [-0.2, 0) is 0 Å². The lowest BCUT2D eigenvalue weighted by Gasteiger charge is -2.11. The number of hydrogen-bond acceptors (Lipinski definition) is 5. The average Bonchev–Trinajstić information content (AvgIpc) is 2.63. The van der Waals surface area contributed by atoms with E-state index in [1.165, 1.54) is 29.4 Å². The van der Waals surface area contributed by atoms with Crippen molar-refractivity contribution in [3.8, 4) is 0 Å². The summed E-state index contributed by atoms with van der Waals surface area (Å²) in [6, 6.07) is 4.61. The summed E-state index contributed by atoms with van der Waals surface area (Å²) in [5.74, 6) is 0.461. The molecule has 0 spiro atoms. The standard InChI is InChI=1S/C11H12FN3S2/c1-6(13)10-8(12)4-3-5-9(10)16-11-14-7(2)15-17-11/h3-6H,13H2,1-2H3/t6-/m1/s1. The number of aryl methyl sites for hydroxylation is 1. The summed E-state index contributed by atoms with van der Waals surface area (Å²) in [5.41, 5.74) is 6.32. The maximum Gasteiger partial charge on any atom is 0.174 e. The summed E-state index contributed by atoms with van der Waals surface area (Å²) >= 11 is 2.71. The van der Waals surface area contributed by atoms with E-state index in [1.54, 1.807) is 13.0 Å². The lowest BCUT2D eigenvalue weighted by atomic mass is 10.1. The van der Waals surface area contributed by atoms with Crippen LogP contribution in [0.15, 0.2) is 27.4 Å². The van der Waals surface area contributed by atoms with E-state index in [1.807, 2.05) is 13.0 Å². The molecule has 0 aliphatic carbocycles. The Balaban J connectivity index is 2.35. The van der Waals surface area contributed by atoms with E-state index in [4.69, 9.17) is 5.73 Å². The highest BCUT2D eigenvalue weighted by molar-refractivity contribution is 8.01. The molecule has 0 radical (unpaired) electrons. The number of nitrogens with two attached hydrogens (primary N) is 1. The SMILES string of the molecule is Cc1nsc(Sc2cccc(F)c2[C@@H](C)N)n1. The van der Waals surface area contributed by atoms with Crippen molar-refractivity contribution < 1.29 is 4.39 Å². The van der Waals surface area contributed by atoms with E-state index in [-0.39, 0.29) is 11.9 Å². The predicted octanol–water partition coefficient (Wildman–Crippen LogP) is 3.16. The molecule has 0 aliphatic rings. The zero-order valence-electron chi connectivity index (χ0n) is 9.48. The van der Waals surface area contributed by atoms with Gasteiger partial charge in [-0.15, -0.1) is 0 Å². The third kappa shape index (κ3) is 2.83. The highest BCUT2D eigenvalue weighted by Gasteiger charge is 2.14. The summed E-state index contributed by atoms with van der Waals surface area (Å²) in [7, 11) is 0. The molecule has 0 aliphatic heterocycles. The summed E-state index contributed by atoms with van der Waals surface area (Å²) < 4.78 is 18.6. The second kappa shape index (κ2) is 5.12. The van der Waals surface area contributed by atoms with Crippen LogP contribution >= 0.6 is 23.3 Å². The van der Waals surface area contributed by atoms with E-state index in [2.05, 4.69) is 9.36 Å². The molecule has 90 valence electrons. The van der Waals surface area contributed by atoms with Crippen molar-refractivity contribution in [3.63, 3.8) is 0 Å². The minimum absolute atomic E-state index is 0.272. The van der Waals surface area contributed by atoms with Crippen LogP contribution in [0.3, 0.4) is 0 Å². The van der Waals surface area contributed by atoms with Crippen LogP contribution < -0.4 is 5.73 Å². The molecule has 0 bridgehead atoms. The molecule has 1 aromatic heterocycles. The molecular weight excluding hydrogens is 257 g/mol. The molecule has 1 atom stereocenters. The quantitative estimate of drug-likeness (QED) is 0.930. The second-order valence-electron chi connectivity index (χ2n) is 3.65. The lowest BCUT2D eigenvalue weighted by Crippen LogP contribution is -2.08. The van der Waals surface area contributed by atoms with E-state index < -0.39 is 0 Å². The Morgan fingerprint density at radius 1 is 1.47 bits per heavy atom. The third-order valence-corrected chi connectivity index (χ3v) is 4.09. The van der Waals surface area contributed by atoms with E-state index in [0.717, 1.165) is 15.1 Å². The smallest absolute Gasteiger partial charge is 0.174 e. The van der Waals surface area contributed by atoms with Crippen LogP contribution in [0.5, 0.6) is 0 Å². The van der Waals surface area contributed by atoms with Gasteiger partial charge in [0.1, 0.15) is 11.6 Å². The number of halogens is 1. The molecule has 1 heterocycles. The largest absolute Gasteiger partial charge is 0.324 e. The zero-order valence-corrected chi connectivity index (χ0v) is 11.1. The van der Waals surface area contributed by atoms with Gasteiger partial charge in [0.05, 0.1) is 0 Å². The van der Waals surface area contributed by atoms with Crippen molar-refractivity contribution in [3.05, 3.63) is 35.4 Å². The first-order valence-electron chi connectivity index (χ1n) is 5.10. The summed E-state index contributed by atoms with van der Waals surface area (Å²) in [6.45, 7) is 3.60. The van der Waals surface area contributed by atoms with Gasteiger partial charge in [-0.05, 0) is 37.5 Å². The van der Waals surface area contributed by atoms with Gasteiger partial charge >= 0.3 is 0 Å². The molecule has 0 saturated heterocycles. The molecule has 2 rings (SSSR count). The topological polar surface area (TPSA) is 51.8 Å². The molecular formula is C11H12FN3S2. The van der Waals surface area contributed by atoms with Gasteiger partial charge in [-0.3, -0.25) is 0 Å². The molecule has 0 amide bonds. The minimum atomic E-state index is -0.340. The molecule has 0 unspecified atom stereocenters. The lowest BCUT2D eigenvalue weighted by molar-refractivity contribution is 0.585. The number of rotatable bonds is 3. The first-order valence-corrected chi connectivity index (χ1v) is 6.69. The number of benzene rings is 1. The predicted molar refractivity (Wildman–Crippen MR) is 67.8 cm³/mol. The zero-order chi connectivity index (χ0) is 12.4. The van der Waals surface area contributed by atoms with Crippen molar-refractivity contribution in [1.29, 1.82) is 0 Å². The Morgan fingerprint density at radius 3 is 2.82 bits per heavy atom. The maximum atomic E-state index is 13.7. The Kier molecular flexibility index (Phi) is 3.76. The fraction of sp³-hybridized carbons (Fsp3) is 0.273. The monoisotopic (exact) mass is 269 g/mol. The molecule has 0 saturated carbocycles. The number of nitrogens with zero attached hydrogens (tertiary/aromatic N) is 2. The van der Waals surface area contributed by atoms with E-state index >= 15 is 0 Å². The van der Waals surface area contributed by atoms with Gasteiger partial charge in [-0.1, -0.05) is 17.8 Å². The maximum absolute atomic E-state index is 13.7. The van der Waals surface area contributed by atoms with Gasteiger partial charge in [-0.2, -0.15) is 4.37 Å². The van der Waals surface area contributed by atoms with Crippen molar-refractivity contribution in [2.45, 2.75) is 29.1 Å². The minimum Gasteiger partial charge on any atom is -0.324 e. The Morgan fingerprint density at radius 2 is 2.24 bits per heavy atom.